The molecule has 8 heteroatoms. The standard InChI is InChI=1S/C21H18N2O5S/c1-13-17(11-14-7-4-3-5-8-14)29-20(18(13)21(25)28-2)22-19(24)15-9-6-10-16(12-15)23(26)27/h3-10,12H,11H2,1-2H3,(H,22,24). The molecule has 0 saturated carbocycles. The summed E-state index contributed by atoms with van der Waals surface area (Å²) in [5.41, 5.74) is 2.05. The van der Waals surface area contributed by atoms with E-state index in [0.717, 1.165) is 16.0 Å². The van der Waals surface area contributed by atoms with E-state index in [4.69, 9.17) is 4.74 Å². The quantitative estimate of drug-likeness (QED) is 0.364. The van der Waals surface area contributed by atoms with Gasteiger partial charge in [0.1, 0.15) is 5.00 Å². The fraction of sp³-hybridized carbons (Fsp3) is 0.143. The van der Waals surface area contributed by atoms with Crippen LogP contribution in [0.5, 0.6) is 0 Å². The number of esters is 1. The highest BCUT2D eigenvalue weighted by Crippen LogP contribution is 2.35. The molecule has 1 aromatic heterocycles. The molecule has 1 heterocycles. The molecule has 0 saturated heterocycles. The highest BCUT2D eigenvalue weighted by Gasteiger charge is 2.24. The lowest BCUT2D eigenvalue weighted by Crippen LogP contribution is -2.14. The van der Waals surface area contributed by atoms with Gasteiger partial charge in [-0.1, -0.05) is 36.4 Å². The number of anilines is 1. The number of nitrogens with zero attached hydrogens (tertiary/aromatic N) is 1. The van der Waals surface area contributed by atoms with Crippen LogP contribution in [0.25, 0.3) is 0 Å². The first kappa shape index (κ1) is 20.2. The van der Waals surface area contributed by atoms with E-state index in [9.17, 15) is 19.7 Å². The average molecular weight is 410 g/mol. The van der Waals surface area contributed by atoms with Crippen molar-refractivity contribution in [3.8, 4) is 0 Å². The number of nitro benzene ring substituents is 1. The Morgan fingerprint density at radius 1 is 1.14 bits per heavy atom. The number of hydrogen-bond donors (Lipinski definition) is 1. The number of ether oxygens (including phenoxy) is 1. The van der Waals surface area contributed by atoms with Gasteiger partial charge in [-0.05, 0) is 24.1 Å². The van der Waals surface area contributed by atoms with E-state index in [1.54, 1.807) is 0 Å². The maximum absolute atomic E-state index is 12.7. The molecule has 3 rings (SSSR count). The van der Waals surface area contributed by atoms with Crippen LogP contribution in [-0.4, -0.2) is 23.9 Å². The number of hydrogen-bond acceptors (Lipinski definition) is 6. The number of nitro groups is 1. The van der Waals surface area contributed by atoms with Gasteiger partial charge in [0.2, 0.25) is 0 Å². The molecule has 1 amide bonds. The number of carbonyl (C=O) groups excluding carboxylic acids is 2. The van der Waals surface area contributed by atoms with E-state index < -0.39 is 16.8 Å². The van der Waals surface area contributed by atoms with Gasteiger partial charge in [0, 0.05) is 29.0 Å². The van der Waals surface area contributed by atoms with Gasteiger partial charge in [-0.25, -0.2) is 4.79 Å². The van der Waals surface area contributed by atoms with Gasteiger partial charge in [-0.2, -0.15) is 0 Å². The Labute approximate surface area is 171 Å². The summed E-state index contributed by atoms with van der Waals surface area (Å²) < 4.78 is 4.89. The normalized spacial score (nSPS) is 10.4. The summed E-state index contributed by atoms with van der Waals surface area (Å²) in [6.07, 6.45) is 0.605. The molecule has 2 aromatic carbocycles. The molecule has 7 nitrogen and oxygen atoms in total. The van der Waals surface area contributed by atoms with Gasteiger partial charge in [-0.3, -0.25) is 14.9 Å². The van der Waals surface area contributed by atoms with Crippen molar-refractivity contribution in [2.45, 2.75) is 13.3 Å². The summed E-state index contributed by atoms with van der Waals surface area (Å²) in [5, 5.41) is 14.0. The zero-order valence-electron chi connectivity index (χ0n) is 15.8. The van der Waals surface area contributed by atoms with Crippen LogP contribution in [0.3, 0.4) is 0 Å². The van der Waals surface area contributed by atoms with Crippen molar-refractivity contribution in [2.24, 2.45) is 0 Å². The Hall–Kier alpha value is -3.52. The van der Waals surface area contributed by atoms with E-state index in [2.05, 4.69) is 5.32 Å². The van der Waals surface area contributed by atoms with Crippen LogP contribution in [0.2, 0.25) is 0 Å². The number of nitrogens with one attached hydrogen (secondary N) is 1. The van der Waals surface area contributed by atoms with Crippen LogP contribution in [0.4, 0.5) is 10.7 Å². The van der Waals surface area contributed by atoms with E-state index in [-0.39, 0.29) is 11.3 Å². The fourth-order valence-electron chi connectivity index (χ4n) is 2.88. The Kier molecular flexibility index (Phi) is 6.04. The third kappa shape index (κ3) is 4.49. The molecule has 148 valence electrons. The number of methoxy groups -OCH3 is 1. The van der Waals surface area contributed by atoms with Crippen molar-refractivity contribution in [1.82, 2.24) is 0 Å². The third-order valence-electron chi connectivity index (χ3n) is 4.39. The molecular weight excluding hydrogens is 392 g/mol. The van der Waals surface area contributed by atoms with Gasteiger partial charge in [0.15, 0.2) is 0 Å². The highest BCUT2D eigenvalue weighted by atomic mass is 32.1. The SMILES string of the molecule is COC(=O)c1c(NC(=O)c2cccc([N+](=O)[O-])c2)sc(Cc2ccccc2)c1C. The molecule has 0 spiro atoms. The summed E-state index contributed by atoms with van der Waals surface area (Å²) in [7, 11) is 1.28. The zero-order valence-corrected chi connectivity index (χ0v) is 16.6. The largest absolute Gasteiger partial charge is 0.465 e. The molecule has 0 aliphatic rings. The van der Waals surface area contributed by atoms with Crippen molar-refractivity contribution in [3.63, 3.8) is 0 Å². The molecule has 0 bridgehead atoms. The molecule has 0 aliphatic carbocycles. The number of benzene rings is 2. The predicted molar refractivity (Wildman–Crippen MR) is 111 cm³/mol. The van der Waals surface area contributed by atoms with Crippen LogP contribution in [0.1, 0.15) is 36.7 Å². The molecule has 0 aliphatic heterocycles. The Morgan fingerprint density at radius 3 is 2.52 bits per heavy atom. The number of carbonyl (C=O) groups is 2. The smallest absolute Gasteiger partial charge is 0.341 e. The minimum Gasteiger partial charge on any atom is -0.465 e. The highest BCUT2D eigenvalue weighted by molar-refractivity contribution is 7.17. The van der Waals surface area contributed by atoms with E-state index >= 15 is 0 Å². The van der Waals surface area contributed by atoms with Gasteiger partial charge < -0.3 is 10.1 Å². The lowest BCUT2D eigenvalue weighted by atomic mass is 10.1. The van der Waals surface area contributed by atoms with Crippen LogP contribution in [-0.2, 0) is 11.2 Å². The first-order chi connectivity index (χ1) is 13.9. The molecule has 29 heavy (non-hydrogen) atoms. The van der Waals surface area contributed by atoms with Gasteiger partial charge >= 0.3 is 5.97 Å². The third-order valence-corrected chi connectivity index (χ3v) is 5.60. The second kappa shape index (κ2) is 8.66. The number of amides is 1. The summed E-state index contributed by atoms with van der Waals surface area (Å²) in [5.74, 6) is -1.08. The Balaban J connectivity index is 1.94. The second-order valence-corrected chi connectivity index (χ2v) is 7.38. The lowest BCUT2D eigenvalue weighted by molar-refractivity contribution is -0.384. The summed E-state index contributed by atoms with van der Waals surface area (Å²) in [6.45, 7) is 1.81. The summed E-state index contributed by atoms with van der Waals surface area (Å²) >= 11 is 1.29. The zero-order chi connectivity index (χ0) is 21.0. The Bertz CT molecular complexity index is 1080. The first-order valence-electron chi connectivity index (χ1n) is 8.71. The molecule has 0 unspecified atom stereocenters. The topological polar surface area (TPSA) is 98.5 Å². The number of non-ortho nitro benzene ring substituents is 1. The minimum absolute atomic E-state index is 0.130. The van der Waals surface area contributed by atoms with Crippen molar-refractivity contribution in [2.75, 3.05) is 12.4 Å². The van der Waals surface area contributed by atoms with Gasteiger partial charge in [0.05, 0.1) is 17.6 Å². The molecule has 0 fully saturated rings. The van der Waals surface area contributed by atoms with Gasteiger partial charge in [-0.15, -0.1) is 11.3 Å². The number of rotatable bonds is 6. The van der Waals surface area contributed by atoms with E-state index in [1.165, 1.54) is 42.7 Å². The van der Waals surface area contributed by atoms with Crippen molar-refractivity contribution in [1.29, 1.82) is 0 Å². The predicted octanol–water partition coefficient (Wildman–Crippen LogP) is 4.59. The molecular formula is C21H18N2O5S. The van der Waals surface area contributed by atoms with E-state index in [1.807, 2.05) is 37.3 Å². The van der Waals surface area contributed by atoms with Crippen molar-refractivity contribution in [3.05, 3.63) is 91.8 Å². The average Bonchev–Trinajstić information content (AvgIpc) is 3.03. The molecule has 0 radical (unpaired) electrons. The van der Waals surface area contributed by atoms with Crippen molar-refractivity contribution < 1.29 is 19.2 Å². The van der Waals surface area contributed by atoms with E-state index in [0.29, 0.717) is 17.0 Å². The summed E-state index contributed by atoms with van der Waals surface area (Å²) in [4.78, 5) is 36.3. The maximum atomic E-state index is 12.7. The molecule has 3 aromatic rings. The first-order valence-corrected chi connectivity index (χ1v) is 9.52. The van der Waals surface area contributed by atoms with Crippen LogP contribution < -0.4 is 5.32 Å². The summed E-state index contributed by atoms with van der Waals surface area (Å²) in [6, 6.07) is 15.2. The van der Waals surface area contributed by atoms with Crippen molar-refractivity contribution >= 4 is 33.9 Å². The Morgan fingerprint density at radius 2 is 1.86 bits per heavy atom. The van der Waals surface area contributed by atoms with Gasteiger partial charge in [0.25, 0.3) is 11.6 Å². The van der Waals surface area contributed by atoms with Crippen LogP contribution in [0.15, 0.2) is 54.6 Å². The minimum atomic E-state index is -0.566. The molecule has 1 N–H and O–H groups in total. The fourth-order valence-corrected chi connectivity index (χ4v) is 4.10. The van der Waals surface area contributed by atoms with Crippen LogP contribution in [0, 0.1) is 17.0 Å². The molecule has 0 atom stereocenters. The number of thiophene rings is 1. The maximum Gasteiger partial charge on any atom is 0.341 e. The lowest BCUT2D eigenvalue weighted by Gasteiger charge is -2.06. The second-order valence-electron chi connectivity index (χ2n) is 6.27. The monoisotopic (exact) mass is 410 g/mol. The van der Waals surface area contributed by atoms with Crippen LogP contribution >= 0.6 is 11.3 Å².